The standard InChI is InChI=1S/C24H15N3O4/c1-13-11-18(26-31-13)27-21(15-6-4-10-25-12-15)20-22(28)19-16-7-3-2-5-14(16)8-9-17(19)30-23(20)24(27)29/h2-12,21H,1H3. The van der Waals surface area contributed by atoms with Gasteiger partial charge in [-0.15, -0.1) is 0 Å². The Morgan fingerprint density at radius 3 is 2.68 bits per heavy atom. The molecule has 1 atom stereocenters. The number of nitrogens with zero attached hydrogens (tertiary/aromatic N) is 3. The lowest BCUT2D eigenvalue weighted by atomic mass is 9.98. The Bertz CT molecular complexity index is 1550. The van der Waals surface area contributed by atoms with E-state index in [1.54, 1.807) is 37.5 Å². The first-order chi connectivity index (χ1) is 15.1. The molecule has 0 aliphatic carbocycles. The molecule has 1 unspecified atom stereocenters. The van der Waals surface area contributed by atoms with Crippen molar-refractivity contribution >= 4 is 33.5 Å². The number of carbonyl (C=O) groups excluding carboxylic acids is 1. The van der Waals surface area contributed by atoms with Crippen molar-refractivity contribution in [1.82, 2.24) is 10.1 Å². The van der Waals surface area contributed by atoms with Gasteiger partial charge in [0.25, 0.3) is 5.91 Å². The van der Waals surface area contributed by atoms with Crippen LogP contribution in [0.1, 0.15) is 33.5 Å². The molecule has 0 saturated carbocycles. The Morgan fingerprint density at radius 2 is 1.90 bits per heavy atom. The van der Waals surface area contributed by atoms with Crippen LogP contribution in [-0.4, -0.2) is 16.0 Å². The van der Waals surface area contributed by atoms with Crippen LogP contribution in [0.4, 0.5) is 5.82 Å². The first kappa shape index (κ1) is 17.6. The Kier molecular flexibility index (Phi) is 3.61. The van der Waals surface area contributed by atoms with E-state index in [0.717, 1.165) is 10.8 Å². The smallest absolute Gasteiger partial charge is 0.296 e. The summed E-state index contributed by atoms with van der Waals surface area (Å²) in [5.41, 5.74) is 1.10. The Balaban J connectivity index is 1.71. The SMILES string of the molecule is Cc1cc(N2C(=O)c3oc4ccc5ccccc5c4c(=O)c3C2c2cccnc2)no1. The number of pyridine rings is 1. The maximum Gasteiger partial charge on any atom is 0.296 e. The highest BCUT2D eigenvalue weighted by Crippen LogP contribution is 2.41. The summed E-state index contributed by atoms with van der Waals surface area (Å²) in [5.74, 6) is 0.446. The van der Waals surface area contributed by atoms with Crippen LogP contribution in [0.15, 0.2) is 80.7 Å². The van der Waals surface area contributed by atoms with Gasteiger partial charge in [-0.05, 0) is 35.4 Å². The highest BCUT2D eigenvalue weighted by atomic mass is 16.5. The number of aryl methyl sites for hydroxylation is 1. The molecule has 31 heavy (non-hydrogen) atoms. The number of aromatic nitrogens is 2. The number of carbonyl (C=O) groups is 1. The van der Waals surface area contributed by atoms with Crippen LogP contribution in [-0.2, 0) is 0 Å². The van der Waals surface area contributed by atoms with E-state index in [1.807, 2.05) is 36.4 Å². The van der Waals surface area contributed by atoms with Crippen molar-refractivity contribution in [3.63, 3.8) is 0 Å². The zero-order chi connectivity index (χ0) is 21.1. The Hall–Kier alpha value is -4.26. The minimum atomic E-state index is -0.722. The summed E-state index contributed by atoms with van der Waals surface area (Å²) in [5, 5.41) is 6.18. The summed E-state index contributed by atoms with van der Waals surface area (Å²) in [6, 6.07) is 15.8. The molecule has 0 saturated heterocycles. The predicted octanol–water partition coefficient (Wildman–Crippen LogP) is 4.39. The van der Waals surface area contributed by atoms with E-state index in [-0.39, 0.29) is 16.8 Å². The number of hydrogen-bond acceptors (Lipinski definition) is 6. The third kappa shape index (κ3) is 2.46. The van der Waals surface area contributed by atoms with Gasteiger partial charge < -0.3 is 8.94 Å². The van der Waals surface area contributed by atoms with Gasteiger partial charge in [-0.2, -0.15) is 0 Å². The lowest BCUT2D eigenvalue weighted by molar-refractivity contribution is 0.0969. The molecule has 0 N–H and O–H groups in total. The van der Waals surface area contributed by atoms with Crippen LogP contribution in [0.3, 0.4) is 0 Å². The molecule has 3 aromatic heterocycles. The molecular weight excluding hydrogens is 394 g/mol. The van der Waals surface area contributed by atoms with E-state index in [9.17, 15) is 9.59 Å². The van der Waals surface area contributed by atoms with Gasteiger partial charge in [-0.25, -0.2) is 0 Å². The van der Waals surface area contributed by atoms with Crippen molar-refractivity contribution in [1.29, 1.82) is 0 Å². The number of fused-ring (bicyclic) bond motifs is 4. The molecule has 4 heterocycles. The Morgan fingerprint density at radius 1 is 1.03 bits per heavy atom. The van der Waals surface area contributed by atoms with E-state index < -0.39 is 11.9 Å². The summed E-state index contributed by atoms with van der Waals surface area (Å²) < 4.78 is 11.3. The quantitative estimate of drug-likeness (QED) is 0.402. The fourth-order valence-electron chi connectivity index (χ4n) is 4.29. The van der Waals surface area contributed by atoms with Crippen molar-refractivity contribution in [3.8, 4) is 0 Å². The molecule has 0 bridgehead atoms. The molecule has 6 rings (SSSR count). The van der Waals surface area contributed by atoms with Crippen molar-refractivity contribution in [2.24, 2.45) is 0 Å². The summed E-state index contributed by atoms with van der Waals surface area (Å²) in [6.45, 7) is 1.74. The van der Waals surface area contributed by atoms with E-state index >= 15 is 0 Å². The predicted molar refractivity (Wildman–Crippen MR) is 114 cm³/mol. The molecule has 7 heteroatoms. The fraction of sp³-hybridized carbons (Fsp3) is 0.0833. The van der Waals surface area contributed by atoms with Gasteiger partial charge in [-0.3, -0.25) is 19.5 Å². The molecule has 1 aliphatic rings. The van der Waals surface area contributed by atoms with Gasteiger partial charge >= 0.3 is 0 Å². The third-order valence-electron chi connectivity index (χ3n) is 5.63. The van der Waals surface area contributed by atoms with Crippen LogP contribution in [0.2, 0.25) is 0 Å². The molecular formula is C24H15N3O4. The zero-order valence-corrected chi connectivity index (χ0v) is 16.4. The Labute approximate surface area is 175 Å². The lowest BCUT2D eigenvalue weighted by Gasteiger charge is -2.21. The second-order valence-corrected chi connectivity index (χ2v) is 7.49. The average Bonchev–Trinajstić information content (AvgIpc) is 3.35. The third-order valence-corrected chi connectivity index (χ3v) is 5.63. The molecule has 1 aliphatic heterocycles. The largest absolute Gasteiger partial charge is 0.450 e. The van der Waals surface area contributed by atoms with Crippen LogP contribution in [0.25, 0.3) is 21.7 Å². The van der Waals surface area contributed by atoms with Crippen molar-refractivity contribution in [3.05, 3.63) is 99.9 Å². The maximum absolute atomic E-state index is 13.8. The van der Waals surface area contributed by atoms with Gasteiger partial charge in [0.15, 0.2) is 11.2 Å². The molecule has 0 spiro atoms. The fourth-order valence-corrected chi connectivity index (χ4v) is 4.29. The van der Waals surface area contributed by atoms with Crippen molar-refractivity contribution in [2.75, 3.05) is 4.90 Å². The monoisotopic (exact) mass is 409 g/mol. The van der Waals surface area contributed by atoms with Crippen molar-refractivity contribution in [2.45, 2.75) is 13.0 Å². The summed E-state index contributed by atoms with van der Waals surface area (Å²) in [6.07, 6.45) is 3.28. The van der Waals surface area contributed by atoms with Crippen LogP contribution in [0.5, 0.6) is 0 Å². The van der Waals surface area contributed by atoms with Gasteiger partial charge in [0.1, 0.15) is 11.3 Å². The normalized spacial score (nSPS) is 15.7. The highest BCUT2D eigenvalue weighted by molar-refractivity contribution is 6.12. The highest BCUT2D eigenvalue weighted by Gasteiger charge is 2.45. The van der Waals surface area contributed by atoms with E-state index in [1.165, 1.54) is 4.90 Å². The van der Waals surface area contributed by atoms with E-state index in [4.69, 9.17) is 8.94 Å². The summed E-state index contributed by atoms with van der Waals surface area (Å²) >= 11 is 0. The molecule has 2 aromatic carbocycles. The minimum absolute atomic E-state index is 0.0160. The van der Waals surface area contributed by atoms with Crippen LogP contribution >= 0.6 is 0 Å². The first-order valence-corrected chi connectivity index (χ1v) is 9.79. The lowest BCUT2D eigenvalue weighted by Crippen LogP contribution is -2.29. The van der Waals surface area contributed by atoms with Gasteiger partial charge in [0.2, 0.25) is 5.76 Å². The molecule has 0 fully saturated rings. The van der Waals surface area contributed by atoms with E-state index in [2.05, 4.69) is 10.1 Å². The molecule has 5 aromatic rings. The minimum Gasteiger partial charge on any atom is -0.450 e. The van der Waals surface area contributed by atoms with Gasteiger partial charge in [-0.1, -0.05) is 41.6 Å². The number of rotatable bonds is 2. The number of amides is 1. The van der Waals surface area contributed by atoms with Gasteiger partial charge in [0, 0.05) is 18.5 Å². The second kappa shape index (κ2) is 6.37. The zero-order valence-electron chi connectivity index (χ0n) is 16.4. The van der Waals surface area contributed by atoms with Gasteiger partial charge in [0.05, 0.1) is 17.0 Å². The molecule has 150 valence electrons. The van der Waals surface area contributed by atoms with E-state index in [0.29, 0.717) is 28.1 Å². The molecule has 1 amide bonds. The average molecular weight is 409 g/mol. The van der Waals surface area contributed by atoms with Crippen LogP contribution < -0.4 is 10.3 Å². The second-order valence-electron chi connectivity index (χ2n) is 7.49. The maximum atomic E-state index is 13.8. The first-order valence-electron chi connectivity index (χ1n) is 9.79. The number of benzene rings is 2. The van der Waals surface area contributed by atoms with Crippen molar-refractivity contribution < 1.29 is 13.7 Å². The summed E-state index contributed by atoms with van der Waals surface area (Å²) in [4.78, 5) is 32.9. The molecule has 7 nitrogen and oxygen atoms in total. The topological polar surface area (TPSA) is 89.4 Å². The summed E-state index contributed by atoms with van der Waals surface area (Å²) in [7, 11) is 0. The van der Waals surface area contributed by atoms with Crippen LogP contribution in [0, 0.1) is 6.92 Å². The number of hydrogen-bond donors (Lipinski definition) is 0. The number of anilines is 1. The molecule has 0 radical (unpaired) electrons.